The van der Waals surface area contributed by atoms with Gasteiger partial charge >= 0.3 is 5.97 Å². The number of nitrogens with one attached hydrogen (secondary N) is 1. The van der Waals surface area contributed by atoms with Crippen molar-refractivity contribution in [1.29, 1.82) is 0 Å². The summed E-state index contributed by atoms with van der Waals surface area (Å²) in [5.41, 5.74) is -2.17. The molecule has 1 unspecified atom stereocenters. The molecule has 1 aromatic heterocycles. The number of pyridine rings is 1. The van der Waals surface area contributed by atoms with Crippen LogP contribution in [0.1, 0.15) is 20.3 Å². The smallest absolute Gasteiger partial charge is 0.332 e. The quantitative estimate of drug-likeness (QED) is 0.588. The number of nitrogens with zero attached hydrogens (tertiary/aromatic N) is 4. The van der Waals surface area contributed by atoms with E-state index in [1.807, 2.05) is 24.3 Å². The van der Waals surface area contributed by atoms with Crippen LogP contribution in [-0.4, -0.2) is 75.4 Å². The zero-order valence-corrected chi connectivity index (χ0v) is 18.3. The van der Waals surface area contributed by atoms with Crippen LogP contribution >= 0.6 is 0 Å². The number of aromatic nitrogens is 1. The maximum Gasteiger partial charge on any atom is 0.332 e. The van der Waals surface area contributed by atoms with E-state index in [1.165, 1.54) is 23.1 Å². The Morgan fingerprint density at radius 3 is 2.50 bits per heavy atom. The second-order valence-corrected chi connectivity index (χ2v) is 7.53. The van der Waals surface area contributed by atoms with Crippen LogP contribution in [0, 0.1) is 0 Å². The molecule has 1 amide bonds. The van der Waals surface area contributed by atoms with Gasteiger partial charge in [-0.2, -0.15) is 0 Å². The highest BCUT2D eigenvalue weighted by Crippen LogP contribution is 2.39. The molecule has 2 aromatic rings. The average molecular weight is 439 g/mol. The number of carbonyl (C=O) groups is 4. The number of anilines is 1. The van der Waals surface area contributed by atoms with Crippen LogP contribution in [0.15, 0.2) is 47.9 Å². The molecule has 1 aliphatic rings. The molecule has 0 aliphatic carbocycles. The third-order valence-electron chi connectivity index (χ3n) is 5.37. The number of aldehydes is 1. The average Bonchev–Trinajstić information content (AvgIpc) is 2.75. The van der Waals surface area contributed by atoms with Crippen LogP contribution in [-0.2, 0) is 19.2 Å². The molecule has 10 heteroatoms. The van der Waals surface area contributed by atoms with Gasteiger partial charge in [0.25, 0.3) is 5.91 Å². The fourth-order valence-electron chi connectivity index (χ4n) is 4.19. The highest BCUT2D eigenvalue weighted by Gasteiger charge is 2.58. The minimum Gasteiger partial charge on any atom is -0.480 e. The molecular formula is C22H25N5O5. The second-order valence-electron chi connectivity index (χ2n) is 7.53. The molecule has 3 rings (SSSR count). The summed E-state index contributed by atoms with van der Waals surface area (Å²) < 4.78 is 0. The normalized spacial score (nSPS) is 19.5. The highest BCUT2D eigenvalue weighted by molar-refractivity contribution is 6.14. The number of hydrogen-bond acceptors (Lipinski definition) is 8. The molecule has 10 nitrogen and oxygen atoms in total. The topological polar surface area (TPSA) is 123 Å². The lowest BCUT2D eigenvalue weighted by Crippen LogP contribution is -2.72. The Labute approximate surface area is 185 Å². The van der Waals surface area contributed by atoms with Crippen LogP contribution in [0.2, 0.25) is 0 Å². The van der Waals surface area contributed by atoms with Gasteiger partial charge in [-0.3, -0.25) is 19.6 Å². The van der Waals surface area contributed by atoms with Crippen molar-refractivity contribution in [2.45, 2.75) is 25.8 Å². The highest BCUT2D eigenvalue weighted by atomic mass is 16.4. The summed E-state index contributed by atoms with van der Waals surface area (Å²) >= 11 is 0. The standard InChI is InChI=1S/C22H25N5O5/c1-5-26-20(30)19(24-17-13-23-12-15-8-6-7-9-16(15)17)18(14(2)29)22(10-11-28,21(31)32)27(26)25(3)4/h6-9,11-13,24H,5,10H2,1-4H3,(H,31,32). The Balaban J connectivity index is 2.37. The van der Waals surface area contributed by atoms with Gasteiger partial charge in [0.15, 0.2) is 11.3 Å². The maximum atomic E-state index is 13.5. The molecule has 0 fully saturated rings. The number of carboxylic acid groups (broad SMARTS) is 1. The number of Topliss-reactive ketones (excluding diaryl/α,β-unsaturated/α-hetero) is 1. The van der Waals surface area contributed by atoms with Crippen LogP contribution in [0.3, 0.4) is 0 Å². The van der Waals surface area contributed by atoms with Crippen molar-refractivity contribution in [3.63, 3.8) is 0 Å². The van der Waals surface area contributed by atoms with Crippen molar-refractivity contribution >= 4 is 40.4 Å². The van der Waals surface area contributed by atoms with Gasteiger partial charge in [-0.1, -0.05) is 24.3 Å². The van der Waals surface area contributed by atoms with E-state index in [0.29, 0.717) is 12.0 Å². The maximum absolute atomic E-state index is 13.5. The van der Waals surface area contributed by atoms with Crippen LogP contribution in [0.5, 0.6) is 0 Å². The summed E-state index contributed by atoms with van der Waals surface area (Å²) in [7, 11) is 3.09. The Kier molecular flexibility index (Phi) is 6.37. The first kappa shape index (κ1) is 23.0. The molecule has 0 radical (unpaired) electrons. The monoisotopic (exact) mass is 439 g/mol. The molecular weight excluding hydrogens is 414 g/mol. The molecule has 2 heterocycles. The number of fused-ring (bicyclic) bond motifs is 1. The number of carboxylic acids is 1. The summed E-state index contributed by atoms with van der Waals surface area (Å²) in [6, 6.07) is 7.32. The third-order valence-corrected chi connectivity index (χ3v) is 5.37. The van der Waals surface area contributed by atoms with Gasteiger partial charge in [0.2, 0.25) is 0 Å². The lowest BCUT2D eigenvalue weighted by molar-refractivity contribution is -0.227. The van der Waals surface area contributed by atoms with E-state index in [4.69, 9.17) is 0 Å². The SMILES string of the molecule is CCN1C(=O)C(Nc2cncc3ccccc23)=C(C(C)=O)C(CC=O)(C(=O)O)N1N(C)C. The fourth-order valence-corrected chi connectivity index (χ4v) is 4.19. The van der Waals surface area contributed by atoms with Crippen molar-refractivity contribution in [3.05, 3.63) is 47.9 Å². The Morgan fingerprint density at radius 1 is 1.25 bits per heavy atom. The largest absolute Gasteiger partial charge is 0.480 e. The summed E-state index contributed by atoms with van der Waals surface area (Å²) in [5.74, 6) is -2.66. The molecule has 32 heavy (non-hydrogen) atoms. The fraction of sp³-hybridized carbons (Fsp3) is 0.318. The van der Waals surface area contributed by atoms with E-state index in [-0.39, 0.29) is 17.8 Å². The van der Waals surface area contributed by atoms with E-state index in [0.717, 1.165) is 15.9 Å². The molecule has 1 aromatic carbocycles. The van der Waals surface area contributed by atoms with Gasteiger partial charge in [-0.05, 0) is 13.8 Å². The lowest BCUT2D eigenvalue weighted by Gasteiger charge is -2.52. The van der Waals surface area contributed by atoms with Gasteiger partial charge in [-0.15, -0.1) is 5.12 Å². The Morgan fingerprint density at radius 2 is 1.94 bits per heavy atom. The van der Waals surface area contributed by atoms with Crippen molar-refractivity contribution in [2.24, 2.45) is 0 Å². The molecule has 1 aliphatic heterocycles. The van der Waals surface area contributed by atoms with E-state index in [9.17, 15) is 24.3 Å². The van der Waals surface area contributed by atoms with E-state index < -0.39 is 29.6 Å². The van der Waals surface area contributed by atoms with Crippen LogP contribution in [0.25, 0.3) is 10.8 Å². The minimum absolute atomic E-state index is 0.106. The second kappa shape index (κ2) is 8.85. The van der Waals surface area contributed by atoms with Crippen molar-refractivity contribution in [3.8, 4) is 0 Å². The lowest BCUT2D eigenvalue weighted by atomic mass is 9.81. The summed E-state index contributed by atoms with van der Waals surface area (Å²) in [5, 5.41) is 18.6. The van der Waals surface area contributed by atoms with Crippen molar-refractivity contribution in [2.75, 3.05) is 26.0 Å². The number of hydrogen-bond donors (Lipinski definition) is 2. The number of aliphatic carboxylic acids is 1. The molecule has 1 atom stereocenters. The molecule has 168 valence electrons. The number of rotatable bonds is 8. The molecule has 2 N–H and O–H groups in total. The van der Waals surface area contributed by atoms with Gasteiger partial charge in [-0.25, -0.2) is 9.80 Å². The number of hydrazine groups is 2. The number of benzene rings is 1. The predicted octanol–water partition coefficient (Wildman–Crippen LogP) is 1.46. The first-order chi connectivity index (χ1) is 15.2. The van der Waals surface area contributed by atoms with Gasteiger partial charge in [0.05, 0.1) is 17.5 Å². The van der Waals surface area contributed by atoms with Gasteiger partial charge in [0, 0.05) is 44.0 Å². The minimum atomic E-state index is -2.11. The van der Waals surface area contributed by atoms with Crippen molar-refractivity contribution in [1.82, 2.24) is 20.1 Å². The third kappa shape index (κ3) is 3.53. The van der Waals surface area contributed by atoms with E-state index >= 15 is 0 Å². The van der Waals surface area contributed by atoms with Crippen LogP contribution in [0.4, 0.5) is 5.69 Å². The summed E-state index contributed by atoms with van der Waals surface area (Å²) in [6.45, 7) is 2.97. The number of amides is 1. The molecule has 0 saturated carbocycles. The Hall–Kier alpha value is -3.63. The molecule has 0 spiro atoms. The Bertz CT molecular complexity index is 1120. The van der Waals surface area contributed by atoms with E-state index in [2.05, 4.69) is 10.3 Å². The van der Waals surface area contributed by atoms with Crippen LogP contribution < -0.4 is 5.32 Å². The first-order valence-corrected chi connectivity index (χ1v) is 10.0. The molecule has 0 saturated heterocycles. The van der Waals surface area contributed by atoms with E-state index in [1.54, 1.807) is 27.2 Å². The van der Waals surface area contributed by atoms with Gasteiger partial charge in [0.1, 0.15) is 12.0 Å². The van der Waals surface area contributed by atoms with Crippen molar-refractivity contribution < 1.29 is 24.3 Å². The molecule has 0 bridgehead atoms. The van der Waals surface area contributed by atoms with Gasteiger partial charge < -0.3 is 15.2 Å². The number of carbonyl (C=O) groups excluding carboxylic acids is 3. The zero-order valence-electron chi connectivity index (χ0n) is 18.3. The first-order valence-electron chi connectivity index (χ1n) is 10.0. The number of likely N-dealkylation sites (N-methyl/N-ethyl adjacent to an activating group) is 1. The summed E-state index contributed by atoms with van der Waals surface area (Å²) in [6.07, 6.45) is 3.05. The number of ketones is 1. The zero-order chi connectivity index (χ0) is 23.6. The predicted molar refractivity (Wildman–Crippen MR) is 117 cm³/mol. The summed E-state index contributed by atoms with van der Waals surface area (Å²) in [4.78, 5) is 54.9.